The summed E-state index contributed by atoms with van der Waals surface area (Å²) in [5, 5.41) is 4.36. The molecule has 2 heterocycles. The molecule has 78 valence electrons. The molecule has 0 aliphatic carbocycles. The fraction of sp³-hybridized carbons (Fsp3) is 0.667. The molecule has 2 rings (SSSR count). The predicted octanol–water partition coefficient (Wildman–Crippen LogP) is 2.07. The summed E-state index contributed by atoms with van der Waals surface area (Å²) in [5.74, 6) is 0. The Morgan fingerprint density at radius 3 is 3.29 bits per heavy atom. The molecule has 0 saturated carbocycles. The number of hydrogen-bond donors (Lipinski definition) is 1. The third kappa shape index (κ3) is 2.92. The van der Waals surface area contributed by atoms with Crippen molar-refractivity contribution in [3.05, 3.63) is 15.5 Å². The Kier molecular flexibility index (Phi) is 3.75. The Labute approximate surface area is 92.4 Å². The van der Waals surface area contributed by atoms with Crippen LogP contribution in [0.2, 0.25) is 4.34 Å². The van der Waals surface area contributed by atoms with Crippen LogP contribution >= 0.6 is 22.9 Å². The van der Waals surface area contributed by atoms with Gasteiger partial charge < -0.3 is 10.1 Å². The van der Waals surface area contributed by atoms with Crippen molar-refractivity contribution in [3.8, 4) is 0 Å². The van der Waals surface area contributed by atoms with E-state index in [0.717, 1.165) is 29.0 Å². The first-order valence-corrected chi connectivity index (χ1v) is 5.96. The Morgan fingerprint density at radius 1 is 1.71 bits per heavy atom. The van der Waals surface area contributed by atoms with Crippen LogP contribution in [0.3, 0.4) is 0 Å². The average molecular weight is 233 g/mol. The summed E-state index contributed by atoms with van der Waals surface area (Å²) in [6.45, 7) is 2.61. The standard InChI is InChI=1S/C9H13ClN2OS/c10-8-5-12-9(14-8)6-11-4-7-2-1-3-13-7/h5,7,11H,1-4,6H2. The van der Waals surface area contributed by atoms with Crippen LogP contribution in [0.5, 0.6) is 0 Å². The third-order valence-corrected chi connectivity index (χ3v) is 3.31. The highest BCUT2D eigenvalue weighted by Gasteiger charge is 2.14. The van der Waals surface area contributed by atoms with E-state index in [4.69, 9.17) is 16.3 Å². The number of ether oxygens (including phenoxy) is 1. The van der Waals surface area contributed by atoms with Gasteiger partial charge in [-0.2, -0.15) is 0 Å². The molecule has 1 aliphatic heterocycles. The quantitative estimate of drug-likeness (QED) is 0.863. The van der Waals surface area contributed by atoms with Crippen LogP contribution in [0.1, 0.15) is 17.8 Å². The molecule has 1 aromatic rings. The van der Waals surface area contributed by atoms with Gasteiger partial charge in [0, 0.05) is 19.7 Å². The monoisotopic (exact) mass is 232 g/mol. The lowest BCUT2D eigenvalue weighted by Gasteiger charge is -2.08. The van der Waals surface area contributed by atoms with Gasteiger partial charge in [-0.1, -0.05) is 11.6 Å². The molecular formula is C9H13ClN2OS. The summed E-state index contributed by atoms with van der Waals surface area (Å²) in [6.07, 6.45) is 4.45. The maximum atomic E-state index is 5.77. The van der Waals surface area contributed by atoms with Crippen molar-refractivity contribution < 1.29 is 4.74 Å². The number of thiazole rings is 1. The lowest BCUT2D eigenvalue weighted by Crippen LogP contribution is -2.25. The van der Waals surface area contributed by atoms with E-state index in [-0.39, 0.29) is 0 Å². The van der Waals surface area contributed by atoms with Crippen LogP contribution in [0.15, 0.2) is 6.20 Å². The first-order valence-electron chi connectivity index (χ1n) is 4.77. The number of rotatable bonds is 4. The van der Waals surface area contributed by atoms with Gasteiger partial charge in [0.1, 0.15) is 9.34 Å². The van der Waals surface area contributed by atoms with Crippen molar-refractivity contribution in [2.75, 3.05) is 13.2 Å². The Bertz CT molecular complexity index is 286. The van der Waals surface area contributed by atoms with Gasteiger partial charge in [0.25, 0.3) is 0 Å². The number of nitrogens with zero attached hydrogens (tertiary/aromatic N) is 1. The van der Waals surface area contributed by atoms with E-state index in [1.807, 2.05) is 0 Å². The van der Waals surface area contributed by atoms with Gasteiger partial charge in [0.15, 0.2) is 0 Å². The molecule has 0 radical (unpaired) electrons. The maximum Gasteiger partial charge on any atom is 0.113 e. The first-order chi connectivity index (χ1) is 6.84. The smallest absolute Gasteiger partial charge is 0.113 e. The molecule has 0 bridgehead atoms. The molecule has 5 heteroatoms. The summed E-state index contributed by atoms with van der Waals surface area (Å²) in [7, 11) is 0. The van der Waals surface area contributed by atoms with Gasteiger partial charge in [-0.05, 0) is 12.8 Å². The second kappa shape index (κ2) is 5.07. The number of aromatic nitrogens is 1. The van der Waals surface area contributed by atoms with E-state index in [0.29, 0.717) is 6.10 Å². The van der Waals surface area contributed by atoms with Crippen LogP contribution in [0.4, 0.5) is 0 Å². The molecule has 3 nitrogen and oxygen atoms in total. The molecule has 1 fully saturated rings. The molecule has 0 spiro atoms. The fourth-order valence-electron chi connectivity index (χ4n) is 1.52. The van der Waals surface area contributed by atoms with Gasteiger partial charge in [-0.25, -0.2) is 4.98 Å². The van der Waals surface area contributed by atoms with Gasteiger partial charge in [0.2, 0.25) is 0 Å². The zero-order valence-corrected chi connectivity index (χ0v) is 9.40. The summed E-state index contributed by atoms with van der Waals surface area (Å²) < 4.78 is 6.24. The summed E-state index contributed by atoms with van der Waals surface area (Å²) in [4.78, 5) is 4.16. The zero-order chi connectivity index (χ0) is 9.80. The minimum absolute atomic E-state index is 0.394. The van der Waals surface area contributed by atoms with Gasteiger partial charge in [-0.15, -0.1) is 11.3 Å². The van der Waals surface area contributed by atoms with Gasteiger partial charge in [0.05, 0.1) is 12.3 Å². The Hall–Kier alpha value is -0.160. The summed E-state index contributed by atoms with van der Waals surface area (Å²) >= 11 is 7.29. The minimum atomic E-state index is 0.394. The molecule has 1 unspecified atom stereocenters. The number of halogens is 1. The average Bonchev–Trinajstić information content (AvgIpc) is 2.77. The second-order valence-corrected chi connectivity index (χ2v) is 5.07. The van der Waals surface area contributed by atoms with E-state index >= 15 is 0 Å². The fourth-order valence-corrected chi connectivity index (χ4v) is 2.44. The highest BCUT2D eigenvalue weighted by molar-refractivity contribution is 7.15. The van der Waals surface area contributed by atoms with Crippen molar-refractivity contribution in [1.82, 2.24) is 10.3 Å². The SMILES string of the molecule is Clc1cnc(CNCC2CCCO2)s1. The molecule has 14 heavy (non-hydrogen) atoms. The van der Waals surface area contributed by atoms with Crippen LogP contribution < -0.4 is 5.32 Å². The van der Waals surface area contributed by atoms with Crippen LogP contribution in [-0.4, -0.2) is 24.2 Å². The molecule has 1 saturated heterocycles. The number of hydrogen-bond acceptors (Lipinski definition) is 4. The Morgan fingerprint density at radius 2 is 2.64 bits per heavy atom. The van der Waals surface area contributed by atoms with Crippen molar-refractivity contribution in [1.29, 1.82) is 0 Å². The van der Waals surface area contributed by atoms with Crippen LogP contribution in [-0.2, 0) is 11.3 Å². The predicted molar refractivity (Wildman–Crippen MR) is 57.8 cm³/mol. The normalized spacial score (nSPS) is 21.6. The van der Waals surface area contributed by atoms with E-state index in [9.17, 15) is 0 Å². The van der Waals surface area contributed by atoms with E-state index in [1.165, 1.54) is 24.2 Å². The van der Waals surface area contributed by atoms with E-state index < -0.39 is 0 Å². The van der Waals surface area contributed by atoms with Gasteiger partial charge >= 0.3 is 0 Å². The van der Waals surface area contributed by atoms with Crippen molar-refractivity contribution in [3.63, 3.8) is 0 Å². The molecule has 1 aromatic heterocycles. The number of nitrogens with one attached hydrogen (secondary N) is 1. The maximum absolute atomic E-state index is 5.77. The van der Waals surface area contributed by atoms with Crippen molar-refractivity contribution >= 4 is 22.9 Å². The van der Waals surface area contributed by atoms with Crippen LogP contribution in [0, 0.1) is 0 Å². The topological polar surface area (TPSA) is 34.2 Å². The minimum Gasteiger partial charge on any atom is -0.377 e. The molecule has 0 aromatic carbocycles. The molecule has 1 atom stereocenters. The van der Waals surface area contributed by atoms with Gasteiger partial charge in [-0.3, -0.25) is 0 Å². The second-order valence-electron chi connectivity index (χ2n) is 3.32. The molecule has 1 N–H and O–H groups in total. The largest absolute Gasteiger partial charge is 0.377 e. The third-order valence-electron chi connectivity index (χ3n) is 2.20. The zero-order valence-electron chi connectivity index (χ0n) is 7.83. The first kappa shape index (κ1) is 10.4. The lowest BCUT2D eigenvalue weighted by atomic mass is 10.2. The molecule has 1 aliphatic rings. The summed E-state index contributed by atoms with van der Waals surface area (Å²) in [6, 6.07) is 0. The molecule has 0 amide bonds. The van der Waals surface area contributed by atoms with Crippen LogP contribution in [0.25, 0.3) is 0 Å². The lowest BCUT2D eigenvalue weighted by molar-refractivity contribution is 0.110. The Balaban J connectivity index is 1.67. The van der Waals surface area contributed by atoms with Crippen molar-refractivity contribution in [2.24, 2.45) is 0 Å². The van der Waals surface area contributed by atoms with E-state index in [1.54, 1.807) is 6.20 Å². The highest BCUT2D eigenvalue weighted by atomic mass is 35.5. The summed E-state index contributed by atoms with van der Waals surface area (Å²) in [5.41, 5.74) is 0. The molecular weight excluding hydrogens is 220 g/mol. The van der Waals surface area contributed by atoms with E-state index in [2.05, 4.69) is 10.3 Å². The highest BCUT2D eigenvalue weighted by Crippen LogP contribution is 2.18. The van der Waals surface area contributed by atoms with Crippen molar-refractivity contribution in [2.45, 2.75) is 25.5 Å².